The summed E-state index contributed by atoms with van der Waals surface area (Å²) in [7, 11) is -0.478. The predicted octanol–water partition coefficient (Wildman–Crippen LogP) is 3.78. The average Bonchev–Trinajstić information content (AvgIpc) is 3.49. The molecule has 2 aromatic carbocycles. The van der Waals surface area contributed by atoms with Crippen molar-refractivity contribution in [2.75, 3.05) is 14.1 Å². The molecule has 0 unspecified atom stereocenters. The summed E-state index contributed by atoms with van der Waals surface area (Å²) < 4.78 is 27.9. The van der Waals surface area contributed by atoms with Crippen LogP contribution in [0, 0.1) is 0 Å². The molecule has 0 aliphatic carbocycles. The van der Waals surface area contributed by atoms with Gasteiger partial charge in [-0.1, -0.05) is 24.3 Å². The van der Waals surface area contributed by atoms with Crippen molar-refractivity contribution in [1.82, 2.24) is 19.4 Å². The monoisotopic (exact) mass is 466 g/mol. The molecule has 0 fully saturated rings. The van der Waals surface area contributed by atoms with Crippen LogP contribution in [0.3, 0.4) is 0 Å². The van der Waals surface area contributed by atoms with E-state index in [4.69, 9.17) is 5.10 Å². The van der Waals surface area contributed by atoms with Crippen LogP contribution in [0.4, 0.5) is 0 Å². The second kappa shape index (κ2) is 9.07. The van der Waals surface area contributed by atoms with Gasteiger partial charge in [-0.3, -0.25) is 4.79 Å². The van der Waals surface area contributed by atoms with Gasteiger partial charge in [-0.05, 0) is 54.9 Å². The number of carbonyl (C=O) groups is 1. The Morgan fingerprint density at radius 3 is 2.41 bits per heavy atom. The lowest BCUT2D eigenvalue weighted by molar-refractivity contribution is 0.0785. The van der Waals surface area contributed by atoms with Gasteiger partial charge in [-0.15, -0.1) is 11.3 Å². The molecule has 0 saturated carbocycles. The highest BCUT2D eigenvalue weighted by Crippen LogP contribution is 2.28. The van der Waals surface area contributed by atoms with Crippen molar-refractivity contribution in [1.29, 1.82) is 0 Å². The van der Waals surface area contributed by atoms with Crippen molar-refractivity contribution in [2.45, 2.75) is 11.4 Å². The minimum absolute atomic E-state index is 0.114. The van der Waals surface area contributed by atoms with Gasteiger partial charge >= 0.3 is 0 Å². The number of aromatic nitrogens is 2. The maximum absolute atomic E-state index is 13.0. The number of para-hydroxylation sites is 1. The average molecular weight is 467 g/mol. The smallest absolute Gasteiger partial charge is 0.253 e. The van der Waals surface area contributed by atoms with Crippen molar-refractivity contribution in [3.63, 3.8) is 0 Å². The van der Waals surface area contributed by atoms with Gasteiger partial charge in [-0.25, -0.2) is 17.8 Å². The first kappa shape index (κ1) is 21.9. The van der Waals surface area contributed by atoms with Gasteiger partial charge in [0.05, 0.1) is 15.5 Å². The van der Waals surface area contributed by atoms with Crippen LogP contribution in [0.2, 0.25) is 0 Å². The Bertz CT molecular complexity index is 1310. The lowest BCUT2D eigenvalue weighted by Crippen LogP contribution is -2.26. The molecule has 1 N–H and O–H groups in total. The fourth-order valence-corrected chi connectivity index (χ4v) is 4.78. The Morgan fingerprint density at radius 2 is 1.78 bits per heavy atom. The quantitative estimate of drug-likeness (QED) is 0.449. The Balaban J connectivity index is 1.60. The van der Waals surface area contributed by atoms with Gasteiger partial charge in [0, 0.05) is 30.9 Å². The fourth-order valence-electron chi connectivity index (χ4n) is 3.30. The van der Waals surface area contributed by atoms with E-state index in [0.717, 1.165) is 21.8 Å². The van der Waals surface area contributed by atoms with Gasteiger partial charge in [0.2, 0.25) is 10.0 Å². The van der Waals surface area contributed by atoms with Crippen molar-refractivity contribution in [2.24, 2.45) is 0 Å². The van der Waals surface area contributed by atoms with Crippen LogP contribution in [-0.4, -0.2) is 43.1 Å². The molecule has 0 atom stereocenters. The highest BCUT2D eigenvalue weighted by atomic mass is 32.2. The molecule has 1 amide bonds. The van der Waals surface area contributed by atoms with E-state index in [2.05, 4.69) is 4.72 Å². The zero-order valence-corrected chi connectivity index (χ0v) is 19.2. The van der Waals surface area contributed by atoms with Gasteiger partial charge < -0.3 is 4.90 Å². The number of nitrogens with zero attached hydrogens (tertiary/aromatic N) is 3. The maximum Gasteiger partial charge on any atom is 0.253 e. The third-order valence-electron chi connectivity index (χ3n) is 5.00. The number of thiophene rings is 1. The molecule has 9 heteroatoms. The van der Waals surface area contributed by atoms with E-state index in [1.165, 1.54) is 31.3 Å². The lowest BCUT2D eigenvalue weighted by Gasteiger charge is -2.17. The summed E-state index contributed by atoms with van der Waals surface area (Å²) in [5, 5.41) is 6.77. The fraction of sp³-hybridized carbons (Fsp3) is 0.130. The number of nitrogens with one attached hydrogen (secondary N) is 1. The normalized spacial score (nSPS) is 11.4. The Hall–Kier alpha value is -3.27. The van der Waals surface area contributed by atoms with Crippen LogP contribution in [0.15, 0.2) is 83.2 Å². The summed E-state index contributed by atoms with van der Waals surface area (Å²) in [6, 6.07) is 19.7. The molecule has 4 aromatic rings. The number of hydrogen-bond donors (Lipinski definition) is 1. The Labute approximate surface area is 191 Å². The molecule has 7 nitrogen and oxygen atoms in total. The molecule has 0 spiro atoms. The second-order valence-electron chi connectivity index (χ2n) is 7.15. The minimum atomic E-state index is -3.55. The van der Waals surface area contributed by atoms with E-state index in [1.54, 1.807) is 23.3 Å². The Morgan fingerprint density at radius 1 is 1.06 bits per heavy atom. The highest BCUT2D eigenvalue weighted by Gasteiger charge is 2.19. The van der Waals surface area contributed by atoms with E-state index in [9.17, 15) is 13.2 Å². The third-order valence-corrected chi connectivity index (χ3v) is 7.31. The summed E-state index contributed by atoms with van der Waals surface area (Å²) in [6.07, 6.45) is 1.94. The largest absolute Gasteiger partial charge is 0.337 e. The molecule has 2 aromatic heterocycles. The van der Waals surface area contributed by atoms with E-state index < -0.39 is 10.0 Å². The first-order valence-electron chi connectivity index (χ1n) is 9.86. The zero-order chi connectivity index (χ0) is 22.7. The number of rotatable bonds is 7. The van der Waals surface area contributed by atoms with E-state index in [0.29, 0.717) is 12.1 Å². The van der Waals surface area contributed by atoms with E-state index in [1.807, 2.05) is 58.7 Å². The number of carbonyl (C=O) groups excluding carboxylic acids is 1. The second-order valence-corrected chi connectivity index (χ2v) is 9.99. The summed E-state index contributed by atoms with van der Waals surface area (Å²) in [5.41, 5.74) is 3.10. The highest BCUT2D eigenvalue weighted by molar-refractivity contribution is 7.89. The number of amides is 1. The summed E-state index contributed by atoms with van der Waals surface area (Å²) in [6.45, 7) is 0.357. The van der Waals surface area contributed by atoms with Crippen LogP contribution < -0.4 is 4.72 Å². The van der Waals surface area contributed by atoms with Gasteiger partial charge in [-0.2, -0.15) is 5.10 Å². The zero-order valence-electron chi connectivity index (χ0n) is 17.6. The van der Waals surface area contributed by atoms with Crippen LogP contribution in [0.5, 0.6) is 0 Å². The molecule has 164 valence electrons. The summed E-state index contributed by atoms with van der Waals surface area (Å²) >= 11 is 1.59. The molecule has 0 aliphatic heterocycles. The van der Waals surface area contributed by atoms with Gasteiger partial charge in [0.25, 0.3) is 5.91 Å². The molecule has 0 aliphatic rings. The standard InChI is InChI=1S/C23H22N4O3S2/c1-24-32(29,30)20-12-10-17(11-13-20)23(28)26(2)15-18-16-27(19-7-4-3-5-8-19)25-22(18)21-9-6-14-31-21/h3-14,16,24H,15H2,1-2H3. The van der Waals surface area contributed by atoms with E-state index >= 15 is 0 Å². The third kappa shape index (κ3) is 4.50. The topological polar surface area (TPSA) is 84.3 Å². The first-order valence-corrected chi connectivity index (χ1v) is 12.2. The van der Waals surface area contributed by atoms with Crippen molar-refractivity contribution >= 4 is 27.3 Å². The van der Waals surface area contributed by atoms with Gasteiger partial charge in [0.1, 0.15) is 5.69 Å². The molecule has 32 heavy (non-hydrogen) atoms. The predicted molar refractivity (Wildman–Crippen MR) is 125 cm³/mol. The van der Waals surface area contributed by atoms with Crippen molar-refractivity contribution < 1.29 is 13.2 Å². The maximum atomic E-state index is 13.0. The van der Waals surface area contributed by atoms with Crippen LogP contribution in [0.25, 0.3) is 16.3 Å². The van der Waals surface area contributed by atoms with Crippen LogP contribution in [-0.2, 0) is 16.6 Å². The molecule has 0 saturated heterocycles. The van der Waals surface area contributed by atoms with Crippen LogP contribution in [0.1, 0.15) is 15.9 Å². The molecule has 0 radical (unpaired) electrons. The summed E-state index contributed by atoms with van der Waals surface area (Å²) in [4.78, 5) is 15.7. The lowest BCUT2D eigenvalue weighted by atomic mass is 10.1. The number of benzene rings is 2. The van der Waals surface area contributed by atoms with Crippen molar-refractivity contribution in [3.8, 4) is 16.3 Å². The van der Waals surface area contributed by atoms with Crippen molar-refractivity contribution in [3.05, 3.63) is 89.4 Å². The first-order chi connectivity index (χ1) is 15.4. The SMILES string of the molecule is CNS(=O)(=O)c1ccc(C(=O)N(C)Cc2cn(-c3ccccc3)nc2-c2cccs2)cc1. The molecule has 4 rings (SSSR count). The van der Waals surface area contributed by atoms with E-state index in [-0.39, 0.29) is 10.8 Å². The van der Waals surface area contributed by atoms with Gasteiger partial charge in [0.15, 0.2) is 0 Å². The van der Waals surface area contributed by atoms with Crippen LogP contribution >= 0.6 is 11.3 Å². The molecular formula is C23H22N4O3S2. The molecular weight excluding hydrogens is 444 g/mol. The number of hydrogen-bond acceptors (Lipinski definition) is 5. The molecule has 2 heterocycles. The Kier molecular flexibility index (Phi) is 6.22. The molecule has 0 bridgehead atoms. The summed E-state index contributed by atoms with van der Waals surface area (Å²) in [5.74, 6) is -0.206. The number of sulfonamides is 1. The minimum Gasteiger partial charge on any atom is -0.337 e.